The Balaban J connectivity index is 2.35. The zero-order valence-corrected chi connectivity index (χ0v) is 8.74. The van der Waals surface area contributed by atoms with Gasteiger partial charge < -0.3 is 20.9 Å². The van der Waals surface area contributed by atoms with Gasteiger partial charge >= 0.3 is 0 Å². The highest BCUT2D eigenvalue weighted by molar-refractivity contribution is 5.85. The predicted molar refractivity (Wildman–Crippen MR) is 56.2 cm³/mol. The number of amides is 1. The van der Waals surface area contributed by atoms with E-state index in [9.17, 15) is 9.90 Å². The maximum absolute atomic E-state index is 10.4. The summed E-state index contributed by atoms with van der Waals surface area (Å²) in [6.07, 6.45) is 4.55. The third-order valence-electron chi connectivity index (χ3n) is 2.63. The largest absolute Gasteiger partial charge is 0.394 e. The van der Waals surface area contributed by atoms with E-state index in [1.165, 1.54) is 6.08 Å². The van der Waals surface area contributed by atoms with Crippen LogP contribution in [0.5, 0.6) is 0 Å². The molecule has 1 fully saturated rings. The van der Waals surface area contributed by atoms with E-state index in [0.29, 0.717) is 19.8 Å². The fourth-order valence-corrected chi connectivity index (χ4v) is 1.60. The Labute approximate surface area is 89.3 Å². The molecule has 1 saturated heterocycles. The fourth-order valence-electron chi connectivity index (χ4n) is 1.60. The van der Waals surface area contributed by atoms with Crippen LogP contribution in [0.3, 0.4) is 0 Å². The van der Waals surface area contributed by atoms with E-state index in [0.717, 1.165) is 12.8 Å². The summed E-state index contributed by atoms with van der Waals surface area (Å²) in [7, 11) is 0. The van der Waals surface area contributed by atoms with E-state index >= 15 is 0 Å². The van der Waals surface area contributed by atoms with Gasteiger partial charge in [-0.2, -0.15) is 0 Å². The SMILES string of the molecule is NC(=O)C=CCNC1(CO)CCOCC1. The Morgan fingerprint density at radius 2 is 2.20 bits per heavy atom. The van der Waals surface area contributed by atoms with Gasteiger partial charge in [0.25, 0.3) is 0 Å². The molecular weight excluding hydrogens is 196 g/mol. The van der Waals surface area contributed by atoms with Gasteiger partial charge in [0.05, 0.1) is 6.61 Å². The van der Waals surface area contributed by atoms with Gasteiger partial charge in [0.2, 0.25) is 5.91 Å². The number of ether oxygens (including phenoxy) is 1. The molecule has 0 aromatic rings. The first-order valence-corrected chi connectivity index (χ1v) is 5.08. The minimum atomic E-state index is -0.457. The lowest BCUT2D eigenvalue weighted by Gasteiger charge is -2.36. The molecular formula is C10H18N2O3. The quantitative estimate of drug-likeness (QED) is 0.521. The average Bonchev–Trinajstić information content (AvgIpc) is 2.26. The Morgan fingerprint density at radius 3 is 2.73 bits per heavy atom. The summed E-state index contributed by atoms with van der Waals surface area (Å²) in [4.78, 5) is 10.4. The van der Waals surface area contributed by atoms with Crippen molar-refractivity contribution in [2.24, 2.45) is 5.73 Å². The van der Waals surface area contributed by atoms with Crippen LogP contribution in [0.15, 0.2) is 12.2 Å². The summed E-state index contributed by atoms with van der Waals surface area (Å²) < 4.78 is 5.23. The van der Waals surface area contributed by atoms with Gasteiger partial charge in [-0.3, -0.25) is 4.79 Å². The smallest absolute Gasteiger partial charge is 0.241 e. The van der Waals surface area contributed by atoms with Crippen LogP contribution in [0.2, 0.25) is 0 Å². The number of primary amides is 1. The molecule has 0 aromatic heterocycles. The van der Waals surface area contributed by atoms with Crippen molar-refractivity contribution >= 4 is 5.91 Å². The summed E-state index contributed by atoms with van der Waals surface area (Å²) in [6, 6.07) is 0. The molecule has 1 rings (SSSR count). The highest BCUT2D eigenvalue weighted by atomic mass is 16.5. The highest BCUT2D eigenvalue weighted by Gasteiger charge is 2.30. The molecule has 1 aliphatic rings. The van der Waals surface area contributed by atoms with E-state index in [1.807, 2.05) is 0 Å². The molecule has 0 radical (unpaired) electrons. The molecule has 86 valence electrons. The van der Waals surface area contributed by atoms with E-state index in [-0.39, 0.29) is 12.1 Å². The van der Waals surface area contributed by atoms with Crippen LogP contribution in [0.4, 0.5) is 0 Å². The van der Waals surface area contributed by atoms with Crippen molar-refractivity contribution in [1.82, 2.24) is 5.32 Å². The minimum absolute atomic E-state index is 0.0841. The number of nitrogens with one attached hydrogen (secondary N) is 1. The summed E-state index contributed by atoms with van der Waals surface area (Å²) in [5.41, 5.74) is 4.69. The maximum Gasteiger partial charge on any atom is 0.241 e. The molecule has 1 amide bonds. The first-order valence-electron chi connectivity index (χ1n) is 5.08. The first kappa shape index (κ1) is 12.2. The van der Waals surface area contributed by atoms with Gasteiger partial charge in [0.1, 0.15) is 0 Å². The predicted octanol–water partition coefficient (Wildman–Crippen LogP) is -0.841. The summed E-state index contributed by atoms with van der Waals surface area (Å²) in [6.45, 7) is 1.93. The molecule has 0 aliphatic carbocycles. The van der Waals surface area contributed by atoms with Crippen molar-refractivity contribution in [3.8, 4) is 0 Å². The molecule has 4 N–H and O–H groups in total. The summed E-state index contributed by atoms with van der Waals surface area (Å²) in [5, 5.41) is 12.5. The number of carbonyl (C=O) groups excluding carboxylic acids is 1. The highest BCUT2D eigenvalue weighted by Crippen LogP contribution is 2.19. The molecule has 0 unspecified atom stereocenters. The Bertz CT molecular complexity index is 235. The van der Waals surface area contributed by atoms with E-state index in [2.05, 4.69) is 5.32 Å². The van der Waals surface area contributed by atoms with Crippen LogP contribution >= 0.6 is 0 Å². The summed E-state index contributed by atoms with van der Waals surface area (Å²) in [5.74, 6) is -0.457. The second-order valence-electron chi connectivity index (χ2n) is 3.74. The molecule has 0 atom stereocenters. The monoisotopic (exact) mass is 214 g/mol. The molecule has 1 aliphatic heterocycles. The lowest BCUT2D eigenvalue weighted by Crippen LogP contribution is -2.52. The van der Waals surface area contributed by atoms with Gasteiger partial charge in [-0.1, -0.05) is 6.08 Å². The second-order valence-corrected chi connectivity index (χ2v) is 3.74. The van der Waals surface area contributed by atoms with Gasteiger partial charge in [0.15, 0.2) is 0 Å². The number of carbonyl (C=O) groups is 1. The van der Waals surface area contributed by atoms with Gasteiger partial charge in [-0.15, -0.1) is 0 Å². The van der Waals surface area contributed by atoms with Crippen molar-refractivity contribution in [3.63, 3.8) is 0 Å². The standard InChI is InChI=1S/C10H18N2O3/c11-9(14)2-1-5-12-10(8-13)3-6-15-7-4-10/h1-2,12-13H,3-8H2,(H2,11,14). The van der Waals surface area contributed by atoms with Gasteiger partial charge in [0, 0.05) is 25.3 Å². The number of nitrogens with two attached hydrogens (primary N) is 1. The van der Waals surface area contributed by atoms with Crippen LogP contribution in [-0.2, 0) is 9.53 Å². The fraction of sp³-hybridized carbons (Fsp3) is 0.700. The zero-order chi connectivity index (χ0) is 11.1. The van der Waals surface area contributed by atoms with E-state index in [1.54, 1.807) is 6.08 Å². The Morgan fingerprint density at radius 1 is 1.53 bits per heavy atom. The number of hydrogen-bond donors (Lipinski definition) is 3. The average molecular weight is 214 g/mol. The van der Waals surface area contributed by atoms with Crippen LogP contribution in [0, 0.1) is 0 Å². The zero-order valence-electron chi connectivity index (χ0n) is 8.74. The third kappa shape index (κ3) is 3.99. The van der Waals surface area contributed by atoms with E-state index in [4.69, 9.17) is 10.5 Å². The van der Waals surface area contributed by atoms with Crippen molar-refractivity contribution < 1.29 is 14.6 Å². The lowest BCUT2D eigenvalue weighted by molar-refractivity contribution is -0.113. The van der Waals surface area contributed by atoms with Crippen molar-refractivity contribution in [2.45, 2.75) is 18.4 Å². The number of aliphatic hydroxyl groups excluding tert-OH is 1. The molecule has 0 aromatic carbocycles. The molecule has 0 spiro atoms. The van der Waals surface area contributed by atoms with Crippen molar-refractivity contribution in [1.29, 1.82) is 0 Å². The van der Waals surface area contributed by atoms with Gasteiger partial charge in [-0.25, -0.2) is 0 Å². The molecule has 0 bridgehead atoms. The number of aliphatic hydroxyl groups is 1. The minimum Gasteiger partial charge on any atom is -0.394 e. The number of hydrogen-bond acceptors (Lipinski definition) is 4. The Kier molecular flexibility index (Phi) is 4.74. The van der Waals surface area contributed by atoms with Crippen molar-refractivity contribution in [2.75, 3.05) is 26.4 Å². The van der Waals surface area contributed by atoms with Gasteiger partial charge in [-0.05, 0) is 18.9 Å². The molecule has 5 heteroatoms. The molecule has 15 heavy (non-hydrogen) atoms. The first-order chi connectivity index (χ1) is 7.18. The maximum atomic E-state index is 10.4. The molecule has 5 nitrogen and oxygen atoms in total. The van der Waals surface area contributed by atoms with E-state index < -0.39 is 5.91 Å². The topological polar surface area (TPSA) is 84.6 Å². The van der Waals surface area contributed by atoms with Crippen LogP contribution in [0.25, 0.3) is 0 Å². The van der Waals surface area contributed by atoms with Crippen molar-refractivity contribution in [3.05, 3.63) is 12.2 Å². The molecule has 0 saturated carbocycles. The van der Waals surface area contributed by atoms with Crippen LogP contribution in [-0.4, -0.2) is 42.9 Å². The molecule has 1 heterocycles. The van der Waals surface area contributed by atoms with Crippen LogP contribution < -0.4 is 11.1 Å². The second kappa shape index (κ2) is 5.85. The Hall–Kier alpha value is -0.910. The normalized spacial score (nSPS) is 20.6. The third-order valence-corrected chi connectivity index (χ3v) is 2.63. The van der Waals surface area contributed by atoms with Crippen LogP contribution in [0.1, 0.15) is 12.8 Å². The number of rotatable bonds is 5. The lowest BCUT2D eigenvalue weighted by atomic mass is 9.91. The summed E-state index contributed by atoms with van der Waals surface area (Å²) >= 11 is 0.